The summed E-state index contributed by atoms with van der Waals surface area (Å²) in [7, 11) is 0. The zero-order valence-electron chi connectivity index (χ0n) is 14.8. The highest BCUT2D eigenvalue weighted by molar-refractivity contribution is 7.13. The van der Waals surface area contributed by atoms with E-state index >= 15 is 0 Å². The molecular formula is C19H18N4O3S2. The van der Waals surface area contributed by atoms with E-state index in [0.29, 0.717) is 24.0 Å². The lowest BCUT2D eigenvalue weighted by Gasteiger charge is -2.18. The van der Waals surface area contributed by atoms with Crippen LogP contribution >= 0.6 is 22.7 Å². The molecule has 9 heteroatoms. The Balaban J connectivity index is 1.24. The largest absolute Gasteiger partial charge is 0.371 e. The molecule has 2 fully saturated rings. The van der Waals surface area contributed by atoms with Gasteiger partial charge in [-0.3, -0.25) is 4.79 Å². The van der Waals surface area contributed by atoms with Crippen molar-refractivity contribution in [3.05, 3.63) is 52.2 Å². The molecule has 0 bridgehead atoms. The average molecular weight is 415 g/mol. The van der Waals surface area contributed by atoms with Gasteiger partial charge in [0.1, 0.15) is 12.2 Å². The van der Waals surface area contributed by atoms with Crippen molar-refractivity contribution in [2.24, 2.45) is 0 Å². The van der Waals surface area contributed by atoms with Crippen molar-refractivity contribution < 1.29 is 14.3 Å². The second-order valence-corrected chi connectivity index (χ2v) is 8.54. The van der Waals surface area contributed by atoms with Gasteiger partial charge < -0.3 is 20.1 Å². The highest BCUT2D eigenvalue weighted by Gasteiger charge is 2.48. The molecule has 28 heavy (non-hydrogen) atoms. The van der Waals surface area contributed by atoms with E-state index in [9.17, 15) is 4.79 Å². The van der Waals surface area contributed by atoms with Crippen LogP contribution in [0.2, 0.25) is 0 Å². The predicted molar refractivity (Wildman–Crippen MR) is 108 cm³/mol. The summed E-state index contributed by atoms with van der Waals surface area (Å²) in [5, 5.41) is 10.3. The van der Waals surface area contributed by atoms with Crippen LogP contribution in [0, 0.1) is 0 Å². The Kier molecular flexibility index (Phi) is 4.81. The molecule has 7 nitrogen and oxygen atoms in total. The number of amides is 1. The van der Waals surface area contributed by atoms with Crippen LogP contribution in [0.15, 0.2) is 47.3 Å². The molecule has 4 atom stereocenters. The lowest BCUT2D eigenvalue weighted by Crippen LogP contribution is -2.44. The quantitative estimate of drug-likeness (QED) is 0.668. The number of carbonyl (C=O) groups excluding carboxylic acids is 1. The minimum absolute atomic E-state index is 0.0628. The van der Waals surface area contributed by atoms with Gasteiger partial charge in [-0.05, 0) is 29.0 Å². The van der Waals surface area contributed by atoms with Crippen molar-refractivity contribution in [2.45, 2.75) is 24.3 Å². The van der Waals surface area contributed by atoms with E-state index in [1.54, 1.807) is 17.5 Å². The van der Waals surface area contributed by atoms with E-state index in [0.717, 1.165) is 10.6 Å². The zero-order chi connectivity index (χ0) is 18.9. The molecule has 3 aromatic rings. The third-order valence-electron chi connectivity index (χ3n) is 4.86. The minimum atomic E-state index is -0.179. The fourth-order valence-corrected chi connectivity index (χ4v) is 4.87. The van der Waals surface area contributed by atoms with Gasteiger partial charge in [-0.15, -0.1) is 22.7 Å². The molecule has 0 aromatic carbocycles. The first-order chi connectivity index (χ1) is 13.8. The molecule has 0 unspecified atom stereocenters. The van der Waals surface area contributed by atoms with E-state index in [4.69, 9.17) is 9.47 Å². The normalized spacial score (nSPS) is 26.1. The van der Waals surface area contributed by atoms with Gasteiger partial charge in [0.2, 0.25) is 5.95 Å². The van der Waals surface area contributed by atoms with Crippen LogP contribution in [-0.4, -0.2) is 53.4 Å². The van der Waals surface area contributed by atoms with Crippen molar-refractivity contribution in [1.82, 2.24) is 15.3 Å². The fourth-order valence-electron chi connectivity index (χ4n) is 3.55. The fraction of sp³-hybridized carbons (Fsp3) is 0.316. The molecule has 2 saturated heterocycles. The maximum absolute atomic E-state index is 12.3. The second-order valence-electron chi connectivity index (χ2n) is 6.65. The summed E-state index contributed by atoms with van der Waals surface area (Å²) in [6, 6.07) is 9.38. The molecule has 3 aromatic heterocycles. The lowest BCUT2D eigenvalue weighted by molar-refractivity contribution is 0.0652. The molecule has 1 amide bonds. The molecule has 0 radical (unpaired) electrons. The molecule has 5 rings (SSSR count). The first kappa shape index (κ1) is 17.7. The van der Waals surface area contributed by atoms with Gasteiger partial charge in [0, 0.05) is 6.20 Å². The number of anilines is 1. The van der Waals surface area contributed by atoms with Gasteiger partial charge in [-0.1, -0.05) is 12.1 Å². The van der Waals surface area contributed by atoms with Crippen LogP contribution in [0.1, 0.15) is 9.67 Å². The monoisotopic (exact) mass is 414 g/mol. The van der Waals surface area contributed by atoms with Gasteiger partial charge in [0.15, 0.2) is 0 Å². The Morgan fingerprint density at radius 1 is 1.04 bits per heavy atom. The molecule has 144 valence electrons. The summed E-state index contributed by atoms with van der Waals surface area (Å²) in [5.41, 5.74) is 0.886. The second kappa shape index (κ2) is 7.59. The number of thiophene rings is 2. The molecule has 5 heterocycles. The summed E-state index contributed by atoms with van der Waals surface area (Å²) < 4.78 is 11.9. The van der Waals surface area contributed by atoms with Crippen molar-refractivity contribution >= 4 is 34.5 Å². The van der Waals surface area contributed by atoms with Crippen molar-refractivity contribution in [2.75, 3.05) is 18.5 Å². The molecule has 2 N–H and O–H groups in total. The van der Waals surface area contributed by atoms with Crippen molar-refractivity contribution in [3.63, 3.8) is 0 Å². The number of hydrogen-bond acceptors (Lipinski definition) is 8. The third-order valence-corrected chi connectivity index (χ3v) is 6.62. The number of nitrogens with zero attached hydrogens (tertiary/aromatic N) is 2. The van der Waals surface area contributed by atoms with Crippen LogP contribution in [0.25, 0.3) is 10.6 Å². The number of carbonyl (C=O) groups is 1. The average Bonchev–Trinajstić information content (AvgIpc) is 3.50. The first-order valence-electron chi connectivity index (χ1n) is 8.99. The maximum Gasteiger partial charge on any atom is 0.261 e. The van der Waals surface area contributed by atoms with Gasteiger partial charge >= 0.3 is 0 Å². The van der Waals surface area contributed by atoms with Crippen LogP contribution < -0.4 is 10.6 Å². The zero-order valence-corrected chi connectivity index (χ0v) is 16.4. The Bertz CT molecular complexity index is 948. The highest BCUT2D eigenvalue weighted by Crippen LogP contribution is 2.29. The Labute approximate surface area is 169 Å². The molecular weight excluding hydrogens is 396 g/mol. The number of nitrogens with one attached hydrogen (secondary N) is 2. The first-order valence-corrected chi connectivity index (χ1v) is 10.7. The molecule has 2 aliphatic rings. The number of fused-ring (bicyclic) bond motifs is 1. The summed E-state index contributed by atoms with van der Waals surface area (Å²) in [6.07, 6.45) is 1.42. The van der Waals surface area contributed by atoms with E-state index in [-0.39, 0.29) is 30.2 Å². The summed E-state index contributed by atoms with van der Waals surface area (Å²) in [5.74, 6) is 0.464. The molecule has 0 aliphatic carbocycles. The smallest absolute Gasteiger partial charge is 0.261 e. The third kappa shape index (κ3) is 3.42. The predicted octanol–water partition coefficient (Wildman–Crippen LogP) is 2.64. The number of rotatable bonds is 5. The SMILES string of the molecule is O=C(N[C@H]1CO[C@H]2[C@H]1OC[C@H]2Nc1nccc(-c2cccs2)n1)c1cccs1. The Hall–Kier alpha value is -2.33. The van der Waals surface area contributed by atoms with E-state index < -0.39 is 0 Å². The summed E-state index contributed by atoms with van der Waals surface area (Å²) in [6.45, 7) is 0.911. The Morgan fingerprint density at radius 2 is 1.82 bits per heavy atom. The van der Waals surface area contributed by atoms with Crippen LogP contribution in [-0.2, 0) is 9.47 Å². The maximum atomic E-state index is 12.3. The lowest BCUT2D eigenvalue weighted by atomic mass is 10.1. The summed E-state index contributed by atoms with van der Waals surface area (Å²) in [4.78, 5) is 23.0. The number of aromatic nitrogens is 2. The van der Waals surface area contributed by atoms with Gasteiger partial charge in [0.25, 0.3) is 5.91 Å². The van der Waals surface area contributed by atoms with Crippen molar-refractivity contribution in [1.29, 1.82) is 0 Å². The van der Waals surface area contributed by atoms with Gasteiger partial charge in [-0.2, -0.15) is 0 Å². The topological polar surface area (TPSA) is 85.4 Å². The van der Waals surface area contributed by atoms with Crippen molar-refractivity contribution in [3.8, 4) is 10.6 Å². The van der Waals surface area contributed by atoms with Crippen LogP contribution in [0.5, 0.6) is 0 Å². The molecule has 0 spiro atoms. The van der Waals surface area contributed by atoms with Crippen LogP contribution in [0.3, 0.4) is 0 Å². The standard InChI is InChI=1S/C19H18N4O3S2/c24-18(15-4-2-8-28-15)21-12-9-25-17-13(10-26-16(12)17)23-19-20-6-5-11(22-19)14-3-1-7-27-14/h1-8,12-13,16-17H,9-10H2,(H,21,24)(H,20,22,23)/t12-,13+,16-,17+/m0/s1. The van der Waals surface area contributed by atoms with E-state index in [2.05, 4.69) is 20.6 Å². The van der Waals surface area contributed by atoms with Gasteiger partial charge in [0.05, 0.1) is 40.7 Å². The van der Waals surface area contributed by atoms with E-state index in [1.165, 1.54) is 11.3 Å². The highest BCUT2D eigenvalue weighted by atomic mass is 32.1. The number of hydrogen-bond donors (Lipinski definition) is 2. The minimum Gasteiger partial charge on any atom is -0.371 e. The van der Waals surface area contributed by atoms with Crippen LogP contribution in [0.4, 0.5) is 5.95 Å². The summed E-state index contributed by atoms with van der Waals surface area (Å²) >= 11 is 3.06. The molecule has 2 aliphatic heterocycles. The Morgan fingerprint density at radius 3 is 2.61 bits per heavy atom. The number of ether oxygens (including phenoxy) is 2. The molecule has 0 saturated carbocycles. The van der Waals surface area contributed by atoms with E-state index in [1.807, 2.05) is 41.1 Å². The van der Waals surface area contributed by atoms with Gasteiger partial charge in [-0.25, -0.2) is 9.97 Å².